The molecule has 17 heavy (non-hydrogen) atoms. The first-order valence-electron chi connectivity index (χ1n) is 6.41. The Balaban J connectivity index is 2.45. The molecule has 1 aromatic carbocycles. The third-order valence-electron chi connectivity index (χ3n) is 3.37. The van der Waals surface area contributed by atoms with E-state index < -0.39 is 0 Å². The number of hydrogen-bond donors (Lipinski definition) is 1. The molecule has 1 rings (SSSR count). The van der Waals surface area contributed by atoms with Gasteiger partial charge in [-0.25, -0.2) is 4.39 Å². The third kappa shape index (κ3) is 4.86. The van der Waals surface area contributed by atoms with Gasteiger partial charge in [-0.15, -0.1) is 0 Å². The monoisotopic (exact) mass is 237 g/mol. The van der Waals surface area contributed by atoms with Gasteiger partial charge in [-0.05, 0) is 36.8 Å². The lowest BCUT2D eigenvalue weighted by Crippen LogP contribution is -2.36. The second-order valence-electron chi connectivity index (χ2n) is 5.60. The van der Waals surface area contributed by atoms with Crippen LogP contribution >= 0.6 is 0 Å². The average Bonchev–Trinajstić information content (AvgIpc) is 2.30. The number of halogens is 1. The zero-order valence-corrected chi connectivity index (χ0v) is 11.4. The summed E-state index contributed by atoms with van der Waals surface area (Å²) in [5, 5.41) is 3.48. The number of hydrogen-bond acceptors (Lipinski definition) is 1. The molecule has 0 spiro atoms. The minimum absolute atomic E-state index is 0.101. The Morgan fingerprint density at radius 2 is 1.94 bits per heavy atom. The van der Waals surface area contributed by atoms with Gasteiger partial charge in [-0.1, -0.05) is 39.0 Å². The lowest BCUT2D eigenvalue weighted by molar-refractivity contribution is 0.311. The molecular weight excluding hydrogens is 213 g/mol. The summed E-state index contributed by atoms with van der Waals surface area (Å²) >= 11 is 0. The van der Waals surface area contributed by atoms with E-state index in [1.54, 1.807) is 6.07 Å². The van der Waals surface area contributed by atoms with Crippen LogP contribution in [0, 0.1) is 11.2 Å². The predicted octanol–water partition coefficient (Wildman–Crippen LogP) is 3.78. The van der Waals surface area contributed by atoms with Crippen LogP contribution < -0.4 is 5.32 Å². The van der Waals surface area contributed by atoms with Crippen LogP contribution in [0.5, 0.6) is 0 Å². The summed E-state index contributed by atoms with van der Waals surface area (Å²) in [5.74, 6) is -0.101. The molecule has 0 saturated heterocycles. The Kier molecular flexibility index (Phi) is 5.13. The summed E-state index contributed by atoms with van der Waals surface area (Å²) in [6.45, 7) is 9.77. The van der Waals surface area contributed by atoms with Crippen LogP contribution in [0.3, 0.4) is 0 Å². The lowest BCUT2D eigenvalue weighted by Gasteiger charge is -2.25. The fourth-order valence-corrected chi connectivity index (χ4v) is 1.64. The summed E-state index contributed by atoms with van der Waals surface area (Å²) in [7, 11) is 0. The summed E-state index contributed by atoms with van der Waals surface area (Å²) in [5.41, 5.74) is 1.10. The van der Waals surface area contributed by atoms with Gasteiger partial charge in [0.1, 0.15) is 5.82 Å². The van der Waals surface area contributed by atoms with Crippen molar-refractivity contribution in [1.82, 2.24) is 5.32 Å². The van der Waals surface area contributed by atoms with Crippen LogP contribution in [0.4, 0.5) is 4.39 Å². The summed E-state index contributed by atoms with van der Waals surface area (Å²) in [6, 6.07) is 7.31. The van der Waals surface area contributed by atoms with Crippen LogP contribution in [0.1, 0.15) is 39.7 Å². The summed E-state index contributed by atoms with van der Waals surface area (Å²) < 4.78 is 13.5. The van der Waals surface area contributed by atoms with Crippen molar-refractivity contribution in [2.45, 2.75) is 46.6 Å². The van der Waals surface area contributed by atoms with E-state index in [-0.39, 0.29) is 5.82 Å². The molecule has 0 saturated carbocycles. The highest BCUT2D eigenvalue weighted by atomic mass is 19.1. The topological polar surface area (TPSA) is 12.0 Å². The molecule has 1 nitrogen and oxygen atoms in total. The van der Waals surface area contributed by atoms with E-state index in [1.807, 2.05) is 12.1 Å². The molecule has 0 fully saturated rings. The van der Waals surface area contributed by atoms with Crippen LogP contribution in [-0.4, -0.2) is 12.6 Å². The Morgan fingerprint density at radius 3 is 2.53 bits per heavy atom. The van der Waals surface area contributed by atoms with Crippen molar-refractivity contribution in [1.29, 1.82) is 0 Å². The smallest absolute Gasteiger partial charge is 0.126 e. The molecule has 96 valence electrons. The van der Waals surface area contributed by atoms with Crippen molar-refractivity contribution < 1.29 is 4.39 Å². The molecule has 2 heteroatoms. The van der Waals surface area contributed by atoms with Crippen molar-refractivity contribution in [2.24, 2.45) is 5.41 Å². The molecule has 0 aliphatic heterocycles. The van der Waals surface area contributed by atoms with E-state index in [1.165, 1.54) is 6.07 Å². The maximum Gasteiger partial charge on any atom is 0.126 e. The Hall–Kier alpha value is -0.890. The highest BCUT2D eigenvalue weighted by Crippen LogP contribution is 2.18. The van der Waals surface area contributed by atoms with Gasteiger partial charge in [0.05, 0.1) is 0 Å². The van der Waals surface area contributed by atoms with Gasteiger partial charge in [0.2, 0.25) is 0 Å². The van der Waals surface area contributed by atoms with E-state index >= 15 is 0 Å². The van der Waals surface area contributed by atoms with Gasteiger partial charge in [-0.3, -0.25) is 0 Å². The van der Waals surface area contributed by atoms with Gasteiger partial charge in [0.25, 0.3) is 0 Å². The lowest BCUT2D eigenvalue weighted by atomic mass is 9.90. The largest absolute Gasteiger partial charge is 0.313 e. The SMILES string of the molecule is CCC(C)(C)CNC(C)Cc1ccccc1F. The van der Waals surface area contributed by atoms with Crippen LogP contribution in [0.25, 0.3) is 0 Å². The molecule has 1 aromatic rings. The fraction of sp³-hybridized carbons (Fsp3) is 0.600. The van der Waals surface area contributed by atoms with Gasteiger partial charge < -0.3 is 5.32 Å². The first-order valence-corrected chi connectivity index (χ1v) is 6.41. The number of benzene rings is 1. The third-order valence-corrected chi connectivity index (χ3v) is 3.37. The molecule has 1 N–H and O–H groups in total. The Bertz CT molecular complexity index is 347. The van der Waals surface area contributed by atoms with Crippen LogP contribution in [0.2, 0.25) is 0 Å². The van der Waals surface area contributed by atoms with E-state index in [9.17, 15) is 4.39 Å². The van der Waals surface area contributed by atoms with Crippen molar-refractivity contribution in [3.63, 3.8) is 0 Å². The highest BCUT2D eigenvalue weighted by Gasteiger charge is 2.16. The van der Waals surface area contributed by atoms with Crippen LogP contribution in [0.15, 0.2) is 24.3 Å². The number of nitrogens with one attached hydrogen (secondary N) is 1. The Labute approximate surface area is 104 Å². The minimum atomic E-state index is -0.101. The average molecular weight is 237 g/mol. The van der Waals surface area contributed by atoms with Gasteiger partial charge >= 0.3 is 0 Å². The molecule has 1 atom stereocenters. The van der Waals surface area contributed by atoms with Crippen LogP contribution in [-0.2, 0) is 6.42 Å². The van der Waals surface area contributed by atoms with Crippen molar-refractivity contribution >= 4 is 0 Å². The molecule has 1 unspecified atom stereocenters. The van der Waals surface area contributed by atoms with E-state index in [4.69, 9.17) is 0 Å². The maximum atomic E-state index is 13.5. The van der Waals surface area contributed by atoms with Gasteiger partial charge in [0.15, 0.2) is 0 Å². The second-order valence-corrected chi connectivity index (χ2v) is 5.60. The van der Waals surface area contributed by atoms with Crippen molar-refractivity contribution in [2.75, 3.05) is 6.54 Å². The maximum absolute atomic E-state index is 13.5. The summed E-state index contributed by atoms with van der Waals surface area (Å²) in [6.07, 6.45) is 1.89. The zero-order chi connectivity index (χ0) is 12.9. The van der Waals surface area contributed by atoms with E-state index in [2.05, 4.69) is 33.0 Å². The molecule has 0 amide bonds. The molecule has 0 aliphatic rings. The molecular formula is C15H24FN. The van der Waals surface area contributed by atoms with E-state index in [0.29, 0.717) is 11.5 Å². The van der Waals surface area contributed by atoms with E-state index in [0.717, 1.165) is 24.9 Å². The first-order chi connectivity index (χ1) is 7.94. The second kappa shape index (κ2) is 6.15. The fourth-order valence-electron chi connectivity index (χ4n) is 1.64. The highest BCUT2D eigenvalue weighted by molar-refractivity contribution is 5.18. The minimum Gasteiger partial charge on any atom is -0.313 e. The summed E-state index contributed by atoms with van der Waals surface area (Å²) in [4.78, 5) is 0. The predicted molar refractivity (Wildman–Crippen MR) is 71.6 cm³/mol. The van der Waals surface area contributed by atoms with Gasteiger partial charge in [0, 0.05) is 12.6 Å². The molecule has 0 radical (unpaired) electrons. The molecule has 0 aliphatic carbocycles. The quantitative estimate of drug-likeness (QED) is 0.794. The Morgan fingerprint density at radius 1 is 1.29 bits per heavy atom. The zero-order valence-electron chi connectivity index (χ0n) is 11.4. The van der Waals surface area contributed by atoms with Crippen molar-refractivity contribution in [3.8, 4) is 0 Å². The van der Waals surface area contributed by atoms with Crippen molar-refractivity contribution in [3.05, 3.63) is 35.6 Å². The normalized spacial score (nSPS) is 13.7. The molecule has 0 aromatic heterocycles. The molecule has 0 heterocycles. The standard InChI is InChI=1S/C15H24FN/c1-5-15(3,4)11-17-12(2)10-13-8-6-7-9-14(13)16/h6-9,12,17H,5,10-11H2,1-4H3. The molecule has 0 bridgehead atoms. The van der Waals surface area contributed by atoms with Gasteiger partial charge in [-0.2, -0.15) is 0 Å². The number of rotatable bonds is 6. The first kappa shape index (κ1) is 14.2.